The van der Waals surface area contributed by atoms with Crippen molar-refractivity contribution in [3.05, 3.63) is 23.8 Å². The van der Waals surface area contributed by atoms with Crippen LogP contribution in [-0.2, 0) is 6.54 Å². The highest BCUT2D eigenvalue weighted by molar-refractivity contribution is 14.0. The molecule has 25 heavy (non-hydrogen) atoms. The maximum Gasteiger partial charge on any atom is 0.191 e. The second kappa shape index (κ2) is 10.7. The number of ether oxygens (including phenoxy) is 2. The molecule has 0 spiro atoms. The fraction of sp³-hybridized carbons (Fsp3) is 0.632. The van der Waals surface area contributed by atoms with Crippen LogP contribution in [0.25, 0.3) is 0 Å². The lowest BCUT2D eigenvalue weighted by molar-refractivity contribution is 0.297. The Kier molecular flexibility index (Phi) is 8.64. The van der Waals surface area contributed by atoms with Gasteiger partial charge in [-0.3, -0.25) is 0 Å². The van der Waals surface area contributed by atoms with Gasteiger partial charge in [-0.25, -0.2) is 4.99 Å². The van der Waals surface area contributed by atoms with E-state index in [0.717, 1.165) is 42.6 Å². The Bertz CT molecular complexity index is 560. The average molecular weight is 459 g/mol. The highest BCUT2D eigenvalue weighted by Crippen LogP contribution is 2.30. The van der Waals surface area contributed by atoms with Gasteiger partial charge in [-0.1, -0.05) is 25.3 Å². The van der Waals surface area contributed by atoms with Crippen LogP contribution < -0.4 is 20.1 Å². The maximum absolute atomic E-state index is 5.76. The summed E-state index contributed by atoms with van der Waals surface area (Å²) in [6.45, 7) is 5.05. The number of nitrogens with one attached hydrogen (secondary N) is 2. The molecule has 1 aliphatic carbocycles. The first-order valence-electron chi connectivity index (χ1n) is 9.28. The lowest BCUT2D eigenvalue weighted by atomic mass is 9.96. The number of hydrogen-bond acceptors (Lipinski definition) is 3. The lowest BCUT2D eigenvalue weighted by Gasteiger charge is -2.24. The van der Waals surface area contributed by atoms with Crippen molar-refractivity contribution in [2.45, 2.75) is 58.0 Å². The maximum atomic E-state index is 5.76. The Balaban J connectivity index is 0.00000225. The molecule has 0 saturated heterocycles. The Morgan fingerprint density at radius 3 is 2.60 bits per heavy atom. The molecule has 0 amide bonds. The Morgan fingerprint density at radius 1 is 1.08 bits per heavy atom. The number of guanidine groups is 1. The van der Waals surface area contributed by atoms with E-state index in [9.17, 15) is 0 Å². The summed E-state index contributed by atoms with van der Waals surface area (Å²) in [4.78, 5) is 4.75. The van der Waals surface area contributed by atoms with Crippen LogP contribution in [0.4, 0.5) is 0 Å². The van der Waals surface area contributed by atoms with Gasteiger partial charge in [0.2, 0.25) is 0 Å². The number of nitrogens with zero attached hydrogens (tertiary/aromatic N) is 1. The summed E-state index contributed by atoms with van der Waals surface area (Å²) in [5.41, 5.74) is 1.14. The smallest absolute Gasteiger partial charge is 0.191 e. The van der Waals surface area contributed by atoms with E-state index in [-0.39, 0.29) is 24.0 Å². The molecule has 140 valence electrons. The monoisotopic (exact) mass is 459 g/mol. The molecule has 1 aromatic rings. The fourth-order valence-corrected chi connectivity index (χ4v) is 3.24. The topological polar surface area (TPSA) is 54.9 Å². The van der Waals surface area contributed by atoms with E-state index in [1.807, 2.05) is 12.1 Å². The van der Waals surface area contributed by atoms with Crippen LogP contribution in [0.2, 0.25) is 0 Å². The van der Waals surface area contributed by atoms with Gasteiger partial charge in [-0.2, -0.15) is 0 Å². The van der Waals surface area contributed by atoms with Gasteiger partial charge in [0.1, 0.15) is 0 Å². The van der Waals surface area contributed by atoms with E-state index in [4.69, 9.17) is 14.5 Å². The molecular formula is C19H30IN3O2. The first-order chi connectivity index (χ1) is 11.8. The largest absolute Gasteiger partial charge is 0.490 e. The predicted octanol–water partition coefficient (Wildman–Crippen LogP) is 3.85. The standard InChI is InChI=1S/C19H29N3O2.HI/c1-2-20-19(22-16-7-4-3-5-8-16)21-14-15-9-10-17-18(13-15)24-12-6-11-23-17;/h9-10,13,16H,2-8,11-12,14H2,1H3,(H2,20,21,22);1H. The van der Waals surface area contributed by atoms with Crippen molar-refractivity contribution in [1.29, 1.82) is 0 Å². The molecule has 2 aliphatic rings. The highest BCUT2D eigenvalue weighted by Gasteiger charge is 2.14. The summed E-state index contributed by atoms with van der Waals surface area (Å²) in [5, 5.41) is 6.94. The molecule has 1 aliphatic heterocycles. The minimum absolute atomic E-state index is 0. The second-order valence-electron chi connectivity index (χ2n) is 6.51. The normalized spacial score (nSPS) is 18.0. The summed E-state index contributed by atoms with van der Waals surface area (Å²) in [7, 11) is 0. The summed E-state index contributed by atoms with van der Waals surface area (Å²) in [5.74, 6) is 2.59. The predicted molar refractivity (Wildman–Crippen MR) is 112 cm³/mol. The van der Waals surface area contributed by atoms with Gasteiger partial charge in [-0.05, 0) is 37.5 Å². The molecule has 1 saturated carbocycles. The van der Waals surface area contributed by atoms with Crippen LogP contribution >= 0.6 is 24.0 Å². The molecule has 1 heterocycles. The third-order valence-corrected chi connectivity index (χ3v) is 4.52. The van der Waals surface area contributed by atoms with Crippen LogP contribution in [-0.4, -0.2) is 31.8 Å². The van der Waals surface area contributed by atoms with Crippen LogP contribution in [0.5, 0.6) is 11.5 Å². The molecule has 0 atom stereocenters. The zero-order valence-corrected chi connectivity index (χ0v) is 17.4. The van der Waals surface area contributed by atoms with Gasteiger partial charge < -0.3 is 20.1 Å². The molecular weight excluding hydrogens is 429 g/mol. The summed E-state index contributed by atoms with van der Waals surface area (Å²) >= 11 is 0. The molecule has 0 bridgehead atoms. The SMILES string of the molecule is CCNC(=NCc1ccc2c(c1)OCCCO2)NC1CCCCC1.I. The third-order valence-electron chi connectivity index (χ3n) is 4.52. The van der Waals surface area contributed by atoms with Crippen molar-refractivity contribution < 1.29 is 9.47 Å². The van der Waals surface area contributed by atoms with Crippen LogP contribution in [0.15, 0.2) is 23.2 Å². The first kappa shape index (κ1) is 20.1. The van der Waals surface area contributed by atoms with E-state index >= 15 is 0 Å². The molecule has 2 N–H and O–H groups in total. The van der Waals surface area contributed by atoms with Crippen molar-refractivity contribution in [2.75, 3.05) is 19.8 Å². The summed E-state index contributed by atoms with van der Waals surface area (Å²) < 4.78 is 11.4. The number of hydrogen-bond donors (Lipinski definition) is 2. The Hall–Kier alpha value is -1.18. The van der Waals surface area contributed by atoms with Crippen molar-refractivity contribution >= 4 is 29.9 Å². The number of fused-ring (bicyclic) bond motifs is 1. The molecule has 6 heteroatoms. The molecule has 0 unspecified atom stereocenters. The quantitative estimate of drug-likeness (QED) is 0.408. The molecule has 0 aromatic heterocycles. The van der Waals surface area contributed by atoms with Gasteiger partial charge >= 0.3 is 0 Å². The highest BCUT2D eigenvalue weighted by atomic mass is 127. The minimum atomic E-state index is 0. The number of aliphatic imine (C=N–C) groups is 1. The Labute approximate surface area is 168 Å². The van der Waals surface area contributed by atoms with Gasteiger partial charge in [0, 0.05) is 19.0 Å². The van der Waals surface area contributed by atoms with Gasteiger partial charge in [0.15, 0.2) is 17.5 Å². The molecule has 0 radical (unpaired) electrons. The molecule has 1 aromatic carbocycles. The van der Waals surface area contributed by atoms with Crippen LogP contribution in [0.1, 0.15) is 51.0 Å². The number of halogens is 1. The summed E-state index contributed by atoms with van der Waals surface area (Å²) in [6, 6.07) is 6.67. The Morgan fingerprint density at radius 2 is 1.84 bits per heavy atom. The van der Waals surface area contributed by atoms with Crippen molar-refractivity contribution in [1.82, 2.24) is 10.6 Å². The third kappa shape index (κ3) is 6.24. The zero-order chi connectivity index (χ0) is 16.6. The van der Waals surface area contributed by atoms with E-state index in [2.05, 4.69) is 23.6 Å². The van der Waals surface area contributed by atoms with Crippen molar-refractivity contribution in [3.8, 4) is 11.5 Å². The van der Waals surface area contributed by atoms with Crippen LogP contribution in [0.3, 0.4) is 0 Å². The van der Waals surface area contributed by atoms with Gasteiger partial charge in [0.05, 0.1) is 19.8 Å². The van der Waals surface area contributed by atoms with E-state index in [1.165, 1.54) is 32.1 Å². The summed E-state index contributed by atoms with van der Waals surface area (Å²) in [6.07, 6.45) is 7.42. The van der Waals surface area contributed by atoms with Crippen molar-refractivity contribution in [3.63, 3.8) is 0 Å². The zero-order valence-electron chi connectivity index (χ0n) is 15.1. The first-order valence-corrected chi connectivity index (χ1v) is 9.28. The van der Waals surface area contributed by atoms with Crippen molar-refractivity contribution in [2.24, 2.45) is 4.99 Å². The van der Waals surface area contributed by atoms with E-state index in [1.54, 1.807) is 0 Å². The molecule has 3 rings (SSSR count). The molecule has 5 nitrogen and oxygen atoms in total. The van der Waals surface area contributed by atoms with Gasteiger partial charge in [0.25, 0.3) is 0 Å². The average Bonchev–Trinajstić information content (AvgIpc) is 2.85. The van der Waals surface area contributed by atoms with Gasteiger partial charge in [-0.15, -0.1) is 24.0 Å². The lowest BCUT2D eigenvalue weighted by Crippen LogP contribution is -2.44. The van der Waals surface area contributed by atoms with E-state index in [0.29, 0.717) is 19.2 Å². The van der Waals surface area contributed by atoms with Crippen LogP contribution in [0, 0.1) is 0 Å². The number of benzene rings is 1. The second-order valence-corrected chi connectivity index (χ2v) is 6.51. The fourth-order valence-electron chi connectivity index (χ4n) is 3.24. The molecule has 1 fully saturated rings. The number of rotatable bonds is 4. The van der Waals surface area contributed by atoms with E-state index < -0.39 is 0 Å². The minimum Gasteiger partial charge on any atom is -0.490 e.